The zero-order valence-corrected chi connectivity index (χ0v) is 21.5. The van der Waals surface area contributed by atoms with Gasteiger partial charge in [-0.15, -0.1) is 0 Å². The Morgan fingerprint density at radius 1 is 0.972 bits per heavy atom. The average molecular weight is 482 g/mol. The maximum atomic E-state index is 13.1. The van der Waals surface area contributed by atoms with Gasteiger partial charge in [0.1, 0.15) is 11.6 Å². The van der Waals surface area contributed by atoms with Crippen LogP contribution in [-0.2, 0) is 17.8 Å². The fourth-order valence-corrected chi connectivity index (χ4v) is 5.41. The maximum Gasteiger partial charge on any atom is 0.227 e. The van der Waals surface area contributed by atoms with Crippen molar-refractivity contribution in [2.75, 3.05) is 18.1 Å². The minimum atomic E-state index is 0.0846. The largest absolute Gasteiger partial charge is 0.494 e. The van der Waals surface area contributed by atoms with Gasteiger partial charge in [-0.25, -0.2) is 4.98 Å². The normalized spacial score (nSPS) is 15.7. The van der Waals surface area contributed by atoms with Crippen molar-refractivity contribution in [3.63, 3.8) is 0 Å². The highest BCUT2D eigenvalue weighted by molar-refractivity contribution is 5.97. The molecule has 0 aliphatic carbocycles. The number of unbranched alkanes of at least 4 members (excludes halogenated alkanes) is 1. The Morgan fingerprint density at radius 2 is 1.72 bits per heavy atom. The van der Waals surface area contributed by atoms with E-state index in [1.807, 2.05) is 23.1 Å². The van der Waals surface area contributed by atoms with E-state index in [-0.39, 0.29) is 11.8 Å². The van der Waals surface area contributed by atoms with Crippen LogP contribution in [0.25, 0.3) is 11.0 Å². The Kier molecular flexibility index (Phi) is 7.08. The van der Waals surface area contributed by atoms with E-state index in [0.29, 0.717) is 19.6 Å². The molecule has 0 N–H and O–H groups in total. The van der Waals surface area contributed by atoms with Crippen molar-refractivity contribution in [3.05, 3.63) is 89.2 Å². The number of aryl methyl sites for hydroxylation is 4. The molecule has 5 rings (SSSR count). The van der Waals surface area contributed by atoms with Gasteiger partial charge in [0, 0.05) is 31.1 Å². The number of aromatic nitrogens is 2. The van der Waals surface area contributed by atoms with Crippen molar-refractivity contribution >= 4 is 22.6 Å². The van der Waals surface area contributed by atoms with Gasteiger partial charge >= 0.3 is 0 Å². The number of rotatable bonds is 9. The van der Waals surface area contributed by atoms with E-state index in [4.69, 9.17) is 9.72 Å². The quantitative estimate of drug-likeness (QED) is 0.253. The first-order valence-electron chi connectivity index (χ1n) is 13.1. The predicted molar refractivity (Wildman–Crippen MR) is 146 cm³/mol. The second-order valence-electron chi connectivity index (χ2n) is 9.88. The third-order valence-electron chi connectivity index (χ3n) is 7.08. The molecule has 0 radical (unpaired) electrons. The lowest BCUT2D eigenvalue weighted by Crippen LogP contribution is -2.25. The SMILES string of the molecule is CCc1ccccc1N1CC(c2nc3ccccc3n2CCCCOc2cc(C)cc(C)c2)CC1=O. The zero-order valence-electron chi connectivity index (χ0n) is 21.5. The molecule has 4 aromatic rings. The summed E-state index contributed by atoms with van der Waals surface area (Å²) in [5.74, 6) is 2.23. The van der Waals surface area contributed by atoms with Crippen LogP contribution in [0.2, 0.25) is 0 Å². The molecule has 1 fully saturated rings. The highest BCUT2D eigenvalue weighted by atomic mass is 16.5. The molecule has 1 aliphatic heterocycles. The van der Waals surface area contributed by atoms with Crippen LogP contribution in [0.1, 0.15) is 54.6 Å². The number of hydrogen-bond acceptors (Lipinski definition) is 3. The van der Waals surface area contributed by atoms with Crippen LogP contribution < -0.4 is 9.64 Å². The molecular formula is C31H35N3O2. The van der Waals surface area contributed by atoms with E-state index in [1.165, 1.54) is 16.7 Å². The van der Waals surface area contributed by atoms with Gasteiger partial charge in [0.15, 0.2) is 0 Å². The van der Waals surface area contributed by atoms with Gasteiger partial charge in [-0.3, -0.25) is 4.79 Å². The first-order valence-corrected chi connectivity index (χ1v) is 13.1. The standard InChI is InChI=1S/C31H35N3O2/c1-4-24-11-5-7-13-28(24)34-21-25(20-30(34)35)31-32-27-12-6-8-14-29(27)33(31)15-9-10-16-36-26-18-22(2)17-23(3)19-26/h5-8,11-14,17-19,25H,4,9-10,15-16,20-21H2,1-3H3. The Morgan fingerprint density at radius 3 is 2.53 bits per heavy atom. The van der Waals surface area contributed by atoms with Gasteiger partial charge in [-0.1, -0.05) is 43.3 Å². The molecule has 1 unspecified atom stereocenters. The monoisotopic (exact) mass is 481 g/mol. The summed E-state index contributed by atoms with van der Waals surface area (Å²) in [6.45, 7) is 8.56. The smallest absolute Gasteiger partial charge is 0.227 e. The minimum Gasteiger partial charge on any atom is -0.494 e. The summed E-state index contributed by atoms with van der Waals surface area (Å²) < 4.78 is 8.36. The molecule has 0 bridgehead atoms. The number of nitrogens with zero attached hydrogens (tertiary/aromatic N) is 3. The van der Waals surface area contributed by atoms with Crippen LogP contribution in [0.3, 0.4) is 0 Å². The first kappa shape index (κ1) is 24.1. The minimum absolute atomic E-state index is 0.0846. The van der Waals surface area contributed by atoms with Crippen LogP contribution >= 0.6 is 0 Å². The summed E-state index contributed by atoms with van der Waals surface area (Å²) in [7, 11) is 0. The molecule has 3 aromatic carbocycles. The van der Waals surface area contributed by atoms with E-state index in [9.17, 15) is 4.79 Å². The lowest BCUT2D eigenvalue weighted by molar-refractivity contribution is -0.117. The second kappa shape index (κ2) is 10.6. The summed E-state index contributed by atoms with van der Waals surface area (Å²) in [5.41, 5.74) is 6.84. The molecule has 1 saturated heterocycles. The summed E-state index contributed by atoms with van der Waals surface area (Å²) in [6, 6.07) is 22.9. The van der Waals surface area contributed by atoms with E-state index in [2.05, 4.69) is 73.9 Å². The second-order valence-corrected chi connectivity index (χ2v) is 9.88. The van der Waals surface area contributed by atoms with Crippen molar-refractivity contribution in [1.82, 2.24) is 9.55 Å². The summed E-state index contributed by atoms with van der Waals surface area (Å²) in [6.07, 6.45) is 3.35. The number of ether oxygens (including phenoxy) is 1. The number of carbonyl (C=O) groups is 1. The number of hydrogen-bond donors (Lipinski definition) is 0. The van der Waals surface area contributed by atoms with E-state index in [1.54, 1.807) is 0 Å². The fraction of sp³-hybridized carbons (Fsp3) is 0.355. The number of benzene rings is 3. The lowest BCUT2D eigenvalue weighted by Gasteiger charge is -2.20. The molecule has 1 aliphatic rings. The van der Waals surface area contributed by atoms with Crippen LogP contribution in [0, 0.1) is 13.8 Å². The lowest BCUT2D eigenvalue weighted by atomic mass is 10.1. The van der Waals surface area contributed by atoms with Crippen molar-refractivity contribution in [2.24, 2.45) is 0 Å². The Bertz CT molecular complexity index is 1350. The Hall–Kier alpha value is -3.60. The third kappa shape index (κ3) is 5.01. The van der Waals surface area contributed by atoms with Crippen molar-refractivity contribution in [2.45, 2.75) is 58.9 Å². The zero-order chi connectivity index (χ0) is 25.1. The van der Waals surface area contributed by atoms with Gasteiger partial charge in [0.05, 0.1) is 17.6 Å². The van der Waals surface area contributed by atoms with Crippen LogP contribution in [0.5, 0.6) is 5.75 Å². The van der Waals surface area contributed by atoms with E-state index in [0.717, 1.165) is 54.1 Å². The molecule has 186 valence electrons. The average Bonchev–Trinajstić information content (AvgIpc) is 3.43. The molecule has 2 heterocycles. The molecule has 1 aromatic heterocycles. The number of amides is 1. The molecule has 36 heavy (non-hydrogen) atoms. The first-order chi connectivity index (χ1) is 17.5. The van der Waals surface area contributed by atoms with Gasteiger partial charge < -0.3 is 14.2 Å². The number of anilines is 1. The third-order valence-corrected chi connectivity index (χ3v) is 7.08. The van der Waals surface area contributed by atoms with Gasteiger partial charge in [0.2, 0.25) is 5.91 Å². The summed E-state index contributed by atoms with van der Waals surface area (Å²) in [4.78, 5) is 20.1. The summed E-state index contributed by atoms with van der Waals surface area (Å²) >= 11 is 0. The van der Waals surface area contributed by atoms with Crippen molar-refractivity contribution < 1.29 is 9.53 Å². The number of para-hydroxylation sites is 3. The Labute approximate surface area is 213 Å². The fourth-order valence-electron chi connectivity index (χ4n) is 5.41. The van der Waals surface area contributed by atoms with E-state index < -0.39 is 0 Å². The molecule has 0 saturated carbocycles. The molecular weight excluding hydrogens is 446 g/mol. The van der Waals surface area contributed by atoms with Gasteiger partial charge in [-0.05, 0) is 80.1 Å². The number of imidazole rings is 1. The highest BCUT2D eigenvalue weighted by Crippen LogP contribution is 2.35. The highest BCUT2D eigenvalue weighted by Gasteiger charge is 2.35. The number of carbonyl (C=O) groups excluding carboxylic acids is 1. The van der Waals surface area contributed by atoms with Crippen LogP contribution in [-0.4, -0.2) is 28.6 Å². The predicted octanol–water partition coefficient (Wildman–Crippen LogP) is 6.60. The molecule has 5 nitrogen and oxygen atoms in total. The molecule has 1 amide bonds. The van der Waals surface area contributed by atoms with Crippen molar-refractivity contribution in [1.29, 1.82) is 0 Å². The van der Waals surface area contributed by atoms with Gasteiger partial charge in [-0.2, -0.15) is 0 Å². The van der Waals surface area contributed by atoms with Crippen molar-refractivity contribution in [3.8, 4) is 5.75 Å². The molecule has 0 spiro atoms. The Balaban J connectivity index is 1.30. The maximum absolute atomic E-state index is 13.1. The topological polar surface area (TPSA) is 47.4 Å². The van der Waals surface area contributed by atoms with Gasteiger partial charge in [0.25, 0.3) is 0 Å². The number of fused-ring (bicyclic) bond motifs is 1. The van der Waals surface area contributed by atoms with Crippen LogP contribution in [0.4, 0.5) is 5.69 Å². The summed E-state index contributed by atoms with van der Waals surface area (Å²) in [5, 5.41) is 0. The van der Waals surface area contributed by atoms with Crippen LogP contribution in [0.15, 0.2) is 66.7 Å². The van der Waals surface area contributed by atoms with E-state index >= 15 is 0 Å². The molecule has 5 heteroatoms. The molecule has 1 atom stereocenters.